The van der Waals surface area contributed by atoms with Gasteiger partial charge in [-0.05, 0) is 43.3 Å². The van der Waals surface area contributed by atoms with Gasteiger partial charge < -0.3 is 11.1 Å². The van der Waals surface area contributed by atoms with Crippen molar-refractivity contribution in [2.24, 2.45) is 0 Å². The van der Waals surface area contributed by atoms with Crippen LogP contribution in [0.3, 0.4) is 0 Å². The average molecular weight is 403 g/mol. The van der Waals surface area contributed by atoms with Crippen LogP contribution in [0.15, 0.2) is 42.6 Å². The smallest absolute Gasteiger partial charge is 0.381 e. The zero-order valence-corrected chi connectivity index (χ0v) is 14.9. The number of nitrogens with one attached hydrogen (secondary N) is 1. The van der Waals surface area contributed by atoms with E-state index in [1.54, 1.807) is 29.8 Å². The summed E-state index contributed by atoms with van der Waals surface area (Å²) in [5.74, 6) is -1.07. The fourth-order valence-electron chi connectivity index (χ4n) is 2.79. The van der Waals surface area contributed by atoms with Gasteiger partial charge in [0.2, 0.25) is 11.8 Å². The molecule has 1 aromatic carbocycles. The summed E-state index contributed by atoms with van der Waals surface area (Å²) in [6, 6.07) is 7.54. The number of nitrogens with two attached hydrogens (primary N) is 1. The molecule has 0 unspecified atom stereocenters. The predicted octanol–water partition coefficient (Wildman–Crippen LogP) is 4.00. The van der Waals surface area contributed by atoms with Gasteiger partial charge in [0, 0.05) is 11.9 Å². The molecule has 0 aliphatic heterocycles. The number of anilines is 3. The maximum atomic E-state index is 14.5. The number of aryl methyl sites for hydroxylation is 1. The molecular weight excluding hydrogens is 390 g/mol. The van der Waals surface area contributed by atoms with Crippen molar-refractivity contribution in [3.05, 3.63) is 59.8 Å². The number of fused-ring (bicyclic) bond motifs is 1. The molecule has 0 saturated carbocycles. The lowest BCUT2D eigenvalue weighted by Crippen LogP contribution is -2.11. The first-order chi connectivity index (χ1) is 13.7. The monoisotopic (exact) mass is 403 g/mol. The van der Waals surface area contributed by atoms with E-state index >= 15 is 0 Å². The summed E-state index contributed by atoms with van der Waals surface area (Å²) in [6.07, 6.45) is -2.89. The van der Waals surface area contributed by atoms with Gasteiger partial charge in [0.1, 0.15) is 5.82 Å². The zero-order chi connectivity index (χ0) is 20.8. The quantitative estimate of drug-likeness (QED) is 0.502. The standard InChI is InChI=1S/C18H13F4N7/c1-9-25-15-12(3-2-8-24-15)29(9)17-27-14(23)13(19)16(28-17)26-11-6-4-10(5-7-11)18(20,21)22/h2-8H,1H3,(H3,23,26,27,28). The van der Waals surface area contributed by atoms with Crippen LogP contribution in [-0.4, -0.2) is 24.5 Å². The molecule has 4 aromatic rings. The van der Waals surface area contributed by atoms with Crippen LogP contribution in [0.5, 0.6) is 0 Å². The van der Waals surface area contributed by atoms with Crippen molar-refractivity contribution in [3.8, 4) is 5.95 Å². The van der Waals surface area contributed by atoms with Crippen molar-refractivity contribution in [1.82, 2.24) is 24.5 Å². The highest BCUT2D eigenvalue weighted by molar-refractivity contribution is 5.73. The largest absolute Gasteiger partial charge is 0.416 e. The summed E-state index contributed by atoms with van der Waals surface area (Å²) < 4.78 is 54.1. The lowest BCUT2D eigenvalue weighted by molar-refractivity contribution is -0.137. The van der Waals surface area contributed by atoms with E-state index in [2.05, 4.69) is 25.3 Å². The SMILES string of the molecule is Cc1nc2ncccc2n1-c1nc(N)c(F)c(Nc2ccc(C(F)(F)F)cc2)n1. The number of imidazole rings is 1. The third-order valence-electron chi connectivity index (χ3n) is 4.14. The molecule has 0 atom stereocenters. The summed E-state index contributed by atoms with van der Waals surface area (Å²) in [4.78, 5) is 16.6. The van der Waals surface area contributed by atoms with Crippen molar-refractivity contribution >= 4 is 28.5 Å². The molecule has 11 heteroatoms. The molecule has 0 saturated heterocycles. The van der Waals surface area contributed by atoms with Gasteiger partial charge in [-0.3, -0.25) is 4.57 Å². The Kier molecular flexibility index (Phi) is 4.29. The molecule has 3 aromatic heterocycles. The fraction of sp³-hybridized carbons (Fsp3) is 0.111. The summed E-state index contributed by atoms with van der Waals surface area (Å²) in [7, 11) is 0. The maximum absolute atomic E-state index is 14.5. The van der Waals surface area contributed by atoms with Crippen LogP contribution < -0.4 is 11.1 Å². The van der Waals surface area contributed by atoms with Crippen molar-refractivity contribution < 1.29 is 17.6 Å². The number of halogens is 4. The lowest BCUT2D eigenvalue weighted by Gasteiger charge is -2.12. The molecule has 0 aliphatic carbocycles. The Morgan fingerprint density at radius 2 is 1.76 bits per heavy atom. The Balaban J connectivity index is 1.76. The number of hydrogen-bond donors (Lipinski definition) is 2. The van der Waals surface area contributed by atoms with Crippen LogP contribution in [0.25, 0.3) is 17.1 Å². The first kappa shape index (κ1) is 18.6. The molecule has 0 aliphatic rings. The van der Waals surface area contributed by atoms with Crippen LogP contribution in [0.1, 0.15) is 11.4 Å². The van der Waals surface area contributed by atoms with Gasteiger partial charge in [0.15, 0.2) is 17.3 Å². The molecule has 148 valence electrons. The topological polar surface area (TPSA) is 94.5 Å². The number of benzene rings is 1. The highest BCUT2D eigenvalue weighted by Crippen LogP contribution is 2.31. The lowest BCUT2D eigenvalue weighted by atomic mass is 10.2. The van der Waals surface area contributed by atoms with Crippen LogP contribution in [0.4, 0.5) is 34.9 Å². The van der Waals surface area contributed by atoms with Gasteiger partial charge in [-0.25, -0.2) is 9.97 Å². The summed E-state index contributed by atoms with van der Waals surface area (Å²) in [5.41, 5.74) is 6.12. The molecule has 4 rings (SSSR count). The Morgan fingerprint density at radius 3 is 2.45 bits per heavy atom. The third kappa shape index (κ3) is 3.42. The fourth-order valence-corrected chi connectivity index (χ4v) is 2.79. The molecule has 3 heterocycles. The van der Waals surface area contributed by atoms with Crippen molar-refractivity contribution in [1.29, 1.82) is 0 Å². The molecule has 3 N–H and O–H groups in total. The average Bonchev–Trinajstić information content (AvgIpc) is 3.00. The second-order valence-corrected chi connectivity index (χ2v) is 6.11. The Morgan fingerprint density at radius 1 is 1.03 bits per heavy atom. The van der Waals surface area contributed by atoms with Gasteiger partial charge >= 0.3 is 6.18 Å². The molecule has 0 fully saturated rings. The second-order valence-electron chi connectivity index (χ2n) is 6.11. The Labute approximate surface area is 161 Å². The number of pyridine rings is 1. The van der Waals surface area contributed by atoms with Gasteiger partial charge in [0.05, 0.1) is 11.1 Å². The maximum Gasteiger partial charge on any atom is 0.416 e. The van der Waals surface area contributed by atoms with Crippen molar-refractivity contribution in [2.45, 2.75) is 13.1 Å². The molecule has 0 amide bonds. The van der Waals surface area contributed by atoms with E-state index in [1.165, 1.54) is 12.1 Å². The Hall–Kier alpha value is -3.76. The van der Waals surface area contributed by atoms with Gasteiger partial charge in [0.25, 0.3) is 0 Å². The van der Waals surface area contributed by atoms with Gasteiger partial charge in [-0.2, -0.15) is 27.5 Å². The van der Waals surface area contributed by atoms with E-state index in [1.807, 2.05) is 0 Å². The van der Waals surface area contributed by atoms with E-state index in [4.69, 9.17) is 5.73 Å². The Bertz CT molecular complexity index is 1200. The first-order valence-corrected chi connectivity index (χ1v) is 8.32. The number of nitrogens with zero attached hydrogens (tertiary/aromatic N) is 5. The van der Waals surface area contributed by atoms with Crippen LogP contribution in [-0.2, 0) is 6.18 Å². The molecular formula is C18H13F4N7. The van der Waals surface area contributed by atoms with E-state index in [9.17, 15) is 17.6 Å². The van der Waals surface area contributed by atoms with E-state index < -0.39 is 23.4 Å². The number of rotatable bonds is 3. The minimum absolute atomic E-state index is 0.0475. The van der Waals surface area contributed by atoms with E-state index in [-0.39, 0.29) is 17.5 Å². The normalized spacial score (nSPS) is 11.8. The minimum Gasteiger partial charge on any atom is -0.381 e. The summed E-state index contributed by atoms with van der Waals surface area (Å²) >= 11 is 0. The van der Waals surface area contributed by atoms with E-state index in [0.29, 0.717) is 17.0 Å². The second kappa shape index (κ2) is 6.69. The third-order valence-corrected chi connectivity index (χ3v) is 4.14. The van der Waals surface area contributed by atoms with Gasteiger partial charge in [-0.1, -0.05) is 0 Å². The number of hydrogen-bond acceptors (Lipinski definition) is 6. The van der Waals surface area contributed by atoms with Crippen molar-refractivity contribution in [3.63, 3.8) is 0 Å². The molecule has 0 radical (unpaired) electrons. The van der Waals surface area contributed by atoms with Crippen LogP contribution in [0, 0.1) is 12.7 Å². The highest BCUT2D eigenvalue weighted by Gasteiger charge is 2.30. The van der Waals surface area contributed by atoms with Gasteiger partial charge in [-0.15, -0.1) is 0 Å². The molecule has 0 spiro atoms. The van der Waals surface area contributed by atoms with E-state index in [0.717, 1.165) is 12.1 Å². The summed E-state index contributed by atoms with van der Waals surface area (Å²) in [5, 5.41) is 2.64. The number of nitrogen functional groups attached to an aromatic ring is 1. The number of aromatic nitrogens is 5. The zero-order valence-electron chi connectivity index (χ0n) is 14.9. The molecule has 0 bridgehead atoms. The minimum atomic E-state index is -4.47. The van der Waals surface area contributed by atoms with Crippen LogP contribution in [0.2, 0.25) is 0 Å². The van der Waals surface area contributed by atoms with Crippen molar-refractivity contribution in [2.75, 3.05) is 11.1 Å². The number of alkyl halides is 3. The highest BCUT2D eigenvalue weighted by atomic mass is 19.4. The first-order valence-electron chi connectivity index (χ1n) is 8.32. The predicted molar refractivity (Wildman–Crippen MR) is 98.3 cm³/mol. The van der Waals surface area contributed by atoms with Crippen LogP contribution >= 0.6 is 0 Å². The molecule has 7 nitrogen and oxygen atoms in total. The molecule has 29 heavy (non-hydrogen) atoms. The summed E-state index contributed by atoms with van der Waals surface area (Å²) in [6.45, 7) is 1.70.